The van der Waals surface area contributed by atoms with Gasteiger partial charge < -0.3 is 19.5 Å². The number of carbonyl (C=O) groups excluding carboxylic acids is 2. The third-order valence-electron chi connectivity index (χ3n) is 6.77. The van der Waals surface area contributed by atoms with Gasteiger partial charge in [0.05, 0.1) is 22.8 Å². The molecule has 2 amide bonds. The normalized spacial score (nSPS) is 15.4. The number of methoxy groups -OCH3 is 1. The van der Waals surface area contributed by atoms with Gasteiger partial charge in [0.1, 0.15) is 17.0 Å². The molecule has 1 aromatic heterocycles. The zero-order valence-corrected chi connectivity index (χ0v) is 24.1. The highest BCUT2D eigenvalue weighted by molar-refractivity contribution is 7.99. The van der Waals surface area contributed by atoms with Crippen LogP contribution in [0.25, 0.3) is 0 Å². The van der Waals surface area contributed by atoms with Crippen LogP contribution in [0.1, 0.15) is 46.4 Å². The number of aromatic amines is 1. The highest BCUT2D eigenvalue weighted by Crippen LogP contribution is 2.42. The van der Waals surface area contributed by atoms with E-state index >= 15 is 0 Å². The number of pyridine rings is 1. The lowest BCUT2D eigenvalue weighted by Gasteiger charge is -2.28. The lowest BCUT2D eigenvalue weighted by molar-refractivity contribution is -0.119. The Morgan fingerprint density at radius 1 is 1.07 bits per heavy atom. The Morgan fingerprint density at radius 2 is 1.75 bits per heavy atom. The van der Waals surface area contributed by atoms with Gasteiger partial charge in [0.25, 0.3) is 11.5 Å². The number of piperidine rings is 1. The number of halogens is 5. The number of H-pyrrole nitrogens is 1. The average Bonchev–Trinajstić information content (AvgIpc) is 3.32. The van der Waals surface area contributed by atoms with E-state index in [4.69, 9.17) is 39.5 Å². The molecule has 40 heavy (non-hydrogen) atoms. The van der Waals surface area contributed by atoms with Gasteiger partial charge in [-0.05, 0) is 65.9 Å². The molecule has 3 aromatic rings. The zero-order valence-electron chi connectivity index (χ0n) is 21.0. The van der Waals surface area contributed by atoms with Gasteiger partial charge >= 0.3 is 5.38 Å². The third-order valence-corrected chi connectivity index (χ3v) is 9.02. The number of amides is 2. The van der Waals surface area contributed by atoms with Crippen molar-refractivity contribution in [2.24, 2.45) is 0 Å². The van der Waals surface area contributed by atoms with Gasteiger partial charge in [-0.15, -0.1) is 0 Å². The number of alkyl halides is 3. The molecule has 0 atom stereocenters. The molecule has 7 nitrogen and oxygen atoms in total. The number of nitrogens with one attached hydrogen (secondary N) is 1. The Morgan fingerprint density at radius 3 is 2.38 bits per heavy atom. The van der Waals surface area contributed by atoms with Gasteiger partial charge in [-0.2, -0.15) is 8.78 Å². The second-order valence-electron chi connectivity index (χ2n) is 9.36. The predicted molar refractivity (Wildman–Crippen MR) is 150 cm³/mol. The first-order chi connectivity index (χ1) is 19.0. The first-order valence-electron chi connectivity index (χ1n) is 12.2. The van der Waals surface area contributed by atoms with Crippen LogP contribution in [0.15, 0.2) is 51.0 Å². The van der Waals surface area contributed by atoms with Gasteiger partial charge in [-0.25, -0.2) is 0 Å². The summed E-state index contributed by atoms with van der Waals surface area (Å²) in [6.07, 6.45) is 2.14. The van der Waals surface area contributed by atoms with Crippen LogP contribution in [0.2, 0.25) is 10.0 Å². The van der Waals surface area contributed by atoms with Crippen molar-refractivity contribution >= 4 is 64.1 Å². The third kappa shape index (κ3) is 5.54. The number of anilines is 1. The standard InChI is InChI=1S/C27H22Cl3F2N3O4S/c1-39-19-10-15-13-34(12-14(15)9-18(19)35-8-3-2-7-22(35)36)26(38)23-20(11-21(27(30,31)32)33-25(23)37)40-24-16(28)5-4-6-17(24)29/h4-6,9-11H,2-3,7-8,12-13H2,1H3,(H,33,37). The molecule has 2 aliphatic heterocycles. The number of carbonyl (C=O) groups is 2. The summed E-state index contributed by atoms with van der Waals surface area (Å²) in [4.78, 5) is 44.8. The van der Waals surface area contributed by atoms with Gasteiger partial charge in [0.2, 0.25) is 5.91 Å². The zero-order chi connectivity index (χ0) is 28.8. The molecule has 0 aliphatic carbocycles. The van der Waals surface area contributed by atoms with Crippen molar-refractivity contribution in [1.82, 2.24) is 9.88 Å². The van der Waals surface area contributed by atoms with Crippen molar-refractivity contribution in [3.05, 3.63) is 79.2 Å². The van der Waals surface area contributed by atoms with E-state index in [1.165, 1.54) is 12.0 Å². The van der Waals surface area contributed by atoms with Crippen molar-refractivity contribution in [3.8, 4) is 5.75 Å². The van der Waals surface area contributed by atoms with Crippen LogP contribution in [0.4, 0.5) is 14.5 Å². The molecule has 210 valence electrons. The van der Waals surface area contributed by atoms with Gasteiger partial charge in [0, 0.05) is 35.8 Å². The van der Waals surface area contributed by atoms with Gasteiger partial charge in [-0.1, -0.05) is 41.0 Å². The van der Waals surface area contributed by atoms with Crippen molar-refractivity contribution in [2.45, 2.75) is 47.5 Å². The van der Waals surface area contributed by atoms with Crippen LogP contribution in [0, 0.1) is 0 Å². The summed E-state index contributed by atoms with van der Waals surface area (Å²) in [6, 6.07) is 9.27. The lowest BCUT2D eigenvalue weighted by atomic mass is 10.0. The SMILES string of the molecule is COc1cc2c(cc1N1CCCCC1=O)CN(C(=O)c1c(Sc3c(Cl)cccc3Cl)cc(C(F)(F)Cl)[nH]c1=O)C2. The minimum absolute atomic E-state index is 0.00181. The van der Waals surface area contributed by atoms with Crippen LogP contribution < -0.4 is 15.2 Å². The molecule has 2 aromatic carbocycles. The molecule has 1 fully saturated rings. The maximum atomic E-state index is 14.0. The summed E-state index contributed by atoms with van der Waals surface area (Å²) < 4.78 is 33.6. The number of aromatic nitrogens is 1. The Kier molecular flexibility index (Phi) is 8.07. The van der Waals surface area contributed by atoms with Crippen molar-refractivity contribution < 1.29 is 23.1 Å². The maximum absolute atomic E-state index is 14.0. The fourth-order valence-corrected chi connectivity index (χ4v) is 6.55. The fraction of sp³-hybridized carbons (Fsp3) is 0.296. The molecule has 0 spiro atoms. The first kappa shape index (κ1) is 28.7. The summed E-state index contributed by atoms with van der Waals surface area (Å²) in [7, 11) is 1.51. The Bertz CT molecular complexity index is 1560. The molecular weight excluding hydrogens is 607 g/mol. The number of rotatable bonds is 6. The van der Waals surface area contributed by atoms with E-state index in [1.807, 2.05) is 11.1 Å². The average molecular weight is 629 g/mol. The Balaban J connectivity index is 1.52. The summed E-state index contributed by atoms with van der Waals surface area (Å²) in [6.45, 7) is 0.842. The second kappa shape index (κ2) is 11.2. The molecule has 0 unspecified atom stereocenters. The molecule has 5 rings (SSSR count). The Hall–Kier alpha value is -2.79. The quantitative estimate of drug-likeness (QED) is 0.304. The van der Waals surface area contributed by atoms with Crippen molar-refractivity contribution in [3.63, 3.8) is 0 Å². The highest BCUT2D eigenvalue weighted by Gasteiger charge is 2.35. The largest absolute Gasteiger partial charge is 0.495 e. The molecule has 0 saturated carbocycles. The van der Waals surface area contributed by atoms with Crippen molar-refractivity contribution in [1.29, 1.82) is 0 Å². The van der Waals surface area contributed by atoms with Gasteiger partial charge in [-0.3, -0.25) is 14.4 Å². The van der Waals surface area contributed by atoms with Crippen LogP contribution >= 0.6 is 46.6 Å². The highest BCUT2D eigenvalue weighted by atomic mass is 35.5. The molecule has 1 saturated heterocycles. The molecule has 1 N–H and O–H groups in total. The minimum atomic E-state index is -3.89. The van der Waals surface area contributed by atoms with E-state index in [2.05, 4.69) is 0 Å². The summed E-state index contributed by atoms with van der Waals surface area (Å²) in [5.41, 5.74) is -0.0603. The molecule has 0 bridgehead atoms. The summed E-state index contributed by atoms with van der Waals surface area (Å²) in [5, 5.41) is -3.45. The first-order valence-corrected chi connectivity index (χ1v) is 14.2. The lowest BCUT2D eigenvalue weighted by Crippen LogP contribution is -2.35. The topological polar surface area (TPSA) is 82.7 Å². The van der Waals surface area contributed by atoms with Crippen LogP contribution in [-0.2, 0) is 23.3 Å². The van der Waals surface area contributed by atoms with E-state index in [-0.39, 0.29) is 39.5 Å². The summed E-state index contributed by atoms with van der Waals surface area (Å²) in [5.74, 6) is -0.181. The van der Waals surface area contributed by atoms with Crippen LogP contribution in [-0.4, -0.2) is 35.4 Å². The number of hydrogen-bond donors (Lipinski definition) is 1. The number of ether oxygens (including phenoxy) is 1. The number of nitrogens with zero attached hydrogens (tertiary/aromatic N) is 2. The summed E-state index contributed by atoms with van der Waals surface area (Å²) >= 11 is 18.6. The number of fused-ring (bicyclic) bond motifs is 1. The number of hydrogen-bond acceptors (Lipinski definition) is 5. The van der Waals surface area contributed by atoms with E-state index in [1.54, 1.807) is 29.2 Å². The monoisotopic (exact) mass is 627 g/mol. The van der Waals surface area contributed by atoms with E-state index < -0.39 is 22.5 Å². The molecule has 2 aliphatic rings. The Labute approximate surface area is 247 Å². The second-order valence-corrected chi connectivity index (χ2v) is 11.7. The van der Waals surface area contributed by atoms with Gasteiger partial charge in [0.15, 0.2) is 0 Å². The molecule has 3 heterocycles. The van der Waals surface area contributed by atoms with Crippen LogP contribution in [0.5, 0.6) is 5.75 Å². The maximum Gasteiger partial charge on any atom is 0.362 e. The van der Waals surface area contributed by atoms with E-state index in [0.717, 1.165) is 41.8 Å². The number of benzene rings is 2. The molecule has 13 heteroatoms. The van der Waals surface area contributed by atoms with E-state index in [9.17, 15) is 23.2 Å². The predicted octanol–water partition coefficient (Wildman–Crippen LogP) is 6.80. The minimum Gasteiger partial charge on any atom is -0.495 e. The van der Waals surface area contributed by atoms with Crippen LogP contribution in [0.3, 0.4) is 0 Å². The van der Waals surface area contributed by atoms with Crippen molar-refractivity contribution in [2.75, 3.05) is 18.6 Å². The fourth-order valence-electron chi connectivity index (χ4n) is 4.81. The molecular formula is C27H22Cl3F2N3O4S. The smallest absolute Gasteiger partial charge is 0.362 e. The van der Waals surface area contributed by atoms with E-state index in [0.29, 0.717) is 29.3 Å². The molecule has 0 radical (unpaired) electrons.